The molecule has 30 heteroatoms. The number of aliphatic hydroxyl groups excluding tert-OH is 1. The molecule has 694 valence electrons. The summed E-state index contributed by atoms with van der Waals surface area (Å²) in [5.41, 5.74) is 35.9. The Morgan fingerprint density at radius 2 is 0.632 bits per heavy atom. The predicted molar refractivity (Wildman–Crippen MR) is 541 cm³/mol. The van der Waals surface area contributed by atoms with Crippen LogP contribution in [0.3, 0.4) is 0 Å². The first kappa shape index (κ1) is 98.3. The first-order chi connectivity index (χ1) is 63.7. The first-order valence-electron chi connectivity index (χ1n) is 45.2. The van der Waals surface area contributed by atoms with Gasteiger partial charge in [-0.2, -0.15) is 0 Å². The molecule has 7 N–H and O–H groups in total. The van der Waals surface area contributed by atoms with Crippen LogP contribution in [0.25, 0.3) is 83.0 Å². The molecule has 20 rings (SSSR count). The molecular formula is C103H113Cl7N18O5. The number of rotatable bonds is 16. The van der Waals surface area contributed by atoms with Gasteiger partial charge in [0, 0.05) is 214 Å². The molecule has 0 unspecified atom stereocenters. The molecule has 1 saturated carbocycles. The third-order valence-electron chi connectivity index (χ3n) is 26.5. The van der Waals surface area contributed by atoms with Crippen molar-refractivity contribution in [3.8, 4) is 28.4 Å². The lowest BCUT2D eigenvalue weighted by Crippen LogP contribution is -2.42. The minimum Gasteiger partial charge on any atom is -0.387 e. The van der Waals surface area contributed by atoms with E-state index in [1.54, 1.807) is 4.90 Å². The fourth-order valence-electron chi connectivity index (χ4n) is 19.5. The Labute approximate surface area is 812 Å². The number of fused-ring (bicyclic) bond motifs is 5. The van der Waals surface area contributed by atoms with E-state index in [2.05, 4.69) is 122 Å². The number of aliphatic hydroxyl groups is 1. The normalized spacial score (nSPS) is 16.3. The third kappa shape index (κ3) is 22.9. The van der Waals surface area contributed by atoms with Crippen LogP contribution in [0.2, 0.25) is 25.1 Å². The second-order valence-corrected chi connectivity index (χ2v) is 37.1. The van der Waals surface area contributed by atoms with Crippen molar-refractivity contribution >= 4 is 161 Å². The maximum Gasteiger partial charge on any atom is 0.248 e. The smallest absolute Gasteiger partial charge is 0.248 e. The van der Waals surface area contributed by atoms with Crippen LogP contribution in [0.4, 0.5) is 0 Å². The molecule has 5 fully saturated rings. The number of amides is 4. The maximum absolute atomic E-state index is 12.3. The summed E-state index contributed by atoms with van der Waals surface area (Å²) in [6, 6.07) is 48.2. The number of nitrogens with zero attached hydrogens (tertiary/aromatic N) is 15. The van der Waals surface area contributed by atoms with Gasteiger partial charge in [0.15, 0.2) is 0 Å². The monoisotopic (exact) mass is 1930 g/mol. The zero-order valence-electron chi connectivity index (χ0n) is 74.9. The van der Waals surface area contributed by atoms with Crippen molar-refractivity contribution in [3.05, 3.63) is 297 Å². The van der Waals surface area contributed by atoms with Gasteiger partial charge in [0.2, 0.25) is 23.6 Å². The molecular weight excluding hydrogens is 1820 g/mol. The molecule has 5 aromatic carbocycles. The van der Waals surface area contributed by atoms with E-state index in [1.807, 2.05) is 205 Å². The van der Waals surface area contributed by atoms with Gasteiger partial charge in [-0.15, -0.1) is 24.8 Å². The summed E-state index contributed by atoms with van der Waals surface area (Å²) < 4.78 is 11.0. The van der Waals surface area contributed by atoms with Crippen LogP contribution in [0.15, 0.2) is 239 Å². The molecule has 0 radical (unpaired) electrons. The molecule has 0 spiro atoms. The van der Waals surface area contributed by atoms with Gasteiger partial charge in [-0.1, -0.05) is 58.0 Å². The number of aromatic nitrogens is 10. The summed E-state index contributed by atoms with van der Waals surface area (Å²) in [6.45, 7) is 8.79. The maximum atomic E-state index is 12.3. The Kier molecular flexibility index (Phi) is 33.6. The third-order valence-corrected chi connectivity index (χ3v) is 27.8. The van der Waals surface area contributed by atoms with Crippen molar-refractivity contribution in [3.63, 3.8) is 0 Å². The molecule has 23 nitrogen and oxygen atoms in total. The van der Waals surface area contributed by atoms with E-state index in [0.717, 1.165) is 180 Å². The zero-order valence-corrected chi connectivity index (χ0v) is 80.3. The average molecular weight is 1930 g/mol. The minimum atomic E-state index is -0.411. The Balaban J connectivity index is 0.000000133. The van der Waals surface area contributed by atoms with Crippen molar-refractivity contribution in [2.24, 2.45) is 17.2 Å². The van der Waals surface area contributed by atoms with Gasteiger partial charge in [-0.05, 0) is 307 Å². The fraction of sp³-hybridized carbons (Fsp3) is 0.330. The Bertz CT molecular complexity index is 6300. The molecule has 4 saturated heterocycles. The highest BCUT2D eigenvalue weighted by atomic mass is 35.5. The molecule has 14 heterocycles. The second-order valence-electron chi connectivity index (χ2n) is 34.9. The molecule has 0 bridgehead atoms. The van der Waals surface area contributed by atoms with Crippen LogP contribution in [0.5, 0.6) is 0 Å². The number of likely N-dealkylation sites (tertiary alicyclic amines) is 4. The van der Waals surface area contributed by atoms with Crippen molar-refractivity contribution in [1.82, 2.24) is 72.3 Å². The van der Waals surface area contributed by atoms with Gasteiger partial charge >= 0.3 is 0 Å². The van der Waals surface area contributed by atoms with E-state index in [0.29, 0.717) is 73.3 Å². The minimum absolute atomic E-state index is 0. The molecule has 10 aromatic heterocycles. The van der Waals surface area contributed by atoms with E-state index in [-0.39, 0.29) is 55.0 Å². The second kappa shape index (κ2) is 45.5. The van der Waals surface area contributed by atoms with Crippen LogP contribution in [-0.2, 0) is 19.2 Å². The highest BCUT2D eigenvalue weighted by molar-refractivity contribution is 6.32. The summed E-state index contributed by atoms with van der Waals surface area (Å²) in [6.07, 6.45) is 42.6. The van der Waals surface area contributed by atoms with Gasteiger partial charge in [0.05, 0.1) is 71.7 Å². The summed E-state index contributed by atoms with van der Waals surface area (Å²) in [5, 5.41) is 18.9. The lowest BCUT2D eigenvalue weighted by Gasteiger charge is -2.32. The first-order valence-corrected chi connectivity index (χ1v) is 47.1. The number of piperidine rings is 4. The predicted octanol–water partition coefficient (Wildman–Crippen LogP) is 20.2. The van der Waals surface area contributed by atoms with E-state index in [4.69, 9.17) is 80.3 Å². The topological polar surface area (TPSA) is 272 Å². The van der Waals surface area contributed by atoms with Gasteiger partial charge in [0.1, 0.15) is 6.61 Å². The highest BCUT2D eigenvalue weighted by Gasteiger charge is 2.33. The zero-order chi connectivity index (χ0) is 91.3. The Morgan fingerprint density at radius 1 is 0.361 bits per heavy atom. The largest absolute Gasteiger partial charge is 0.387 e. The fourth-order valence-corrected chi connectivity index (χ4v) is 20.3. The number of hydrogen-bond acceptors (Lipinski definition) is 14. The number of likely N-dealkylation sites (N-methyl/N-ethyl adjacent to an activating group) is 1. The van der Waals surface area contributed by atoms with E-state index in [9.17, 15) is 19.2 Å². The molecule has 4 aliphatic heterocycles. The summed E-state index contributed by atoms with van der Waals surface area (Å²) in [7, 11) is 3.87. The van der Waals surface area contributed by atoms with Crippen molar-refractivity contribution in [2.45, 2.75) is 126 Å². The van der Waals surface area contributed by atoms with Crippen molar-refractivity contribution in [2.75, 3.05) is 92.7 Å². The molecule has 15 aromatic rings. The number of carbonyl (C=O) groups is 4. The van der Waals surface area contributed by atoms with Crippen LogP contribution in [0, 0.1) is 6.92 Å². The molecule has 0 atom stereocenters. The number of aryl methyl sites for hydroxylation is 1. The van der Waals surface area contributed by atoms with Crippen molar-refractivity contribution < 1.29 is 24.3 Å². The molecule has 4 amide bonds. The van der Waals surface area contributed by atoms with E-state index in [1.165, 1.54) is 73.2 Å². The summed E-state index contributed by atoms with van der Waals surface area (Å²) in [5.74, 6) is 2.52. The number of halogens is 7. The summed E-state index contributed by atoms with van der Waals surface area (Å²) in [4.78, 5) is 79.0. The number of carbonyl (C=O) groups excluding carboxylic acids is 4. The Hall–Kier alpha value is -10.7. The van der Waals surface area contributed by atoms with Crippen LogP contribution in [0.1, 0.15) is 146 Å². The van der Waals surface area contributed by atoms with Gasteiger partial charge in [0.25, 0.3) is 0 Å². The van der Waals surface area contributed by atoms with Gasteiger partial charge in [-0.3, -0.25) is 44.1 Å². The van der Waals surface area contributed by atoms with Crippen LogP contribution < -0.4 is 17.2 Å². The summed E-state index contributed by atoms with van der Waals surface area (Å²) >= 11 is 30.3. The molecule has 1 aliphatic carbocycles. The number of hydrogen-bond donors (Lipinski definition) is 4. The van der Waals surface area contributed by atoms with Crippen LogP contribution in [-0.4, -0.2) is 200 Å². The SMILES string of the molecule is CN(C)CC(=O)N1CCC(c2cn(-c3ccc(Cl)cc3)c3cnccc23)CC1.Cc1cc(Cl)ccc1-n1cc(C2CCC(N)CC2)c2ccncc21.Cl.Cl.NCC(=O)N1CCC(c2cn(-c3ccc(Cl)cc3)c3cnccc23)CC1.NCCC(=O)N1CCC(c2cn(-c3ccc(Cl)cc3)c3cnccc23)CC1.O=C(CO)N1CCC(c2cn(-c3ccc(Cl)cc3)c3cnccc23)CC1. The number of benzene rings is 5. The van der Waals surface area contributed by atoms with Crippen LogP contribution >= 0.6 is 82.8 Å². The lowest BCUT2D eigenvalue weighted by atomic mass is 9.82. The molecule has 133 heavy (non-hydrogen) atoms. The van der Waals surface area contributed by atoms with Gasteiger partial charge < -0.3 is 69.6 Å². The van der Waals surface area contributed by atoms with E-state index >= 15 is 0 Å². The lowest BCUT2D eigenvalue weighted by molar-refractivity contribution is -0.135. The Morgan fingerprint density at radius 3 is 0.917 bits per heavy atom. The standard InChI is InChI=1S/C22H25ClN4O.C21H23ClN4O.C20H21ClN4O.C20H20ClN3O2.C20H22ClN3.2ClH/c1-25(2)15-22(28)26-11-8-16(9-12-26)20-14-27(18-5-3-17(23)4-6-18)21-13-24-10-7-19(20)21;22-16-1-3-17(4-2-16)26-14-19(18-6-10-24-13-20(18)26)15-7-11-25(12-8-15)21(27)5-9-23;21-15-1-3-16(4-2-15)25-13-18(17-5-8-23-12-19(17)25)14-6-9-24(10-7-14)20(26)11-22;21-15-1-3-16(4-2-15)24-12-18(17-5-8-22-11-19(17)24)14-6-9-23(10-7-14)20(26)13-25;1-13-10-15(21)4-7-19(13)24-12-18(14-2-5-16(22)6-3-14)17-8-9-23-11-20(17)24;;/h3-7,10,13-14,16H,8-9,11-12,15H2,1-2H3;1-4,6,10,13-15H,5,7-9,11-12,23H2;1-5,8,12-14H,6-7,9-11,22H2;1-5,8,11-12,14,25H,6-7,9-10,13H2;4,7-12,14,16H,2-3,5-6,22H2,1H3;2*1H. The highest BCUT2D eigenvalue weighted by Crippen LogP contribution is 2.43. The average Bonchev–Trinajstić information content (AvgIpc) is 1.62. The number of pyridine rings is 5. The van der Waals surface area contributed by atoms with Gasteiger partial charge in [-0.25, -0.2) is 0 Å². The quantitative estimate of drug-likeness (QED) is 0.0701. The van der Waals surface area contributed by atoms with E-state index < -0.39 is 6.61 Å². The number of nitrogens with two attached hydrogens (primary N) is 3. The van der Waals surface area contributed by atoms with Crippen molar-refractivity contribution in [1.29, 1.82) is 0 Å². The molecule has 5 aliphatic rings.